The monoisotopic (exact) mass is 214 g/mol. The van der Waals surface area contributed by atoms with Crippen LogP contribution in [-0.2, 0) is 19.1 Å². The third-order valence-corrected chi connectivity index (χ3v) is 2.56. The molecule has 1 heterocycles. The van der Waals surface area contributed by atoms with Gasteiger partial charge in [-0.15, -0.1) is 0 Å². The predicted molar refractivity (Wildman–Crippen MR) is 54.4 cm³/mol. The smallest absolute Gasteiger partial charge is 0.305 e. The zero-order chi connectivity index (χ0) is 11.1. The molecule has 15 heavy (non-hydrogen) atoms. The number of carbonyl (C=O) groups is 2. The van der Waals surface area contributed by atoms with E-state index in [1.54, 1.807) is 6.92 Å². The van der Waals surface area contributed by atoms with Crippen molar-refractivity contribution in [2.24, 2.45) is 5.92 Å². The van der Waals surface area contributed by atoms with Gasteiger partial charge in [0.25, 0.3) is 0 Å². The Morgan fingerprint density at radius 1 is 1.60 bits per heavy atom. The molecule has 1 rings (SSSR count). The molecule has 1 aliphatic rings. The molecule has 86 valence electrons. The van der Waals surface area contributed by atoms with E-state index in [1.165, 1.54) is 0 Å². The summed E-state index contributed by atoms with van der Waals surface area (Å²) < 4.78 is 10.1. The third kappa shape index (κ3) is 4.42. The van der Waals surface area contributed by atoms with Crippen LogP contribution in [0.4, 0.5) is 0 Å². The SMILES string of the molecule is CCOC(=O)CCC[C@@H]1CO[C@@H](C=O)C1. The van der Waals surface area contributed by atoms with Crippen LogP contribution in [0.5, 0.6) is 0 Å². The Labute approximate surface area is 89.9 Å². The fraction of sp³-hybridized carbons (Fsp3) is 0.818. The van der Waals surface area contributed by atoms with E-state index >= 15 is 0 Å². The van der Waals surface area contributed by atoms with Gasteiger partial charge in [0, 0.05) is 6.42 Å². The van der Waals surface area contributed by atoms with Gasteiger partial charge in [0.1, 0.15) is 12.4 Å². The molecule has 4 heteroatoms. The van der Waals surface area contributed by atoms with E-state index in [9.17, 15) is 9.59 Å². The summed E-state index contributed by atoms with van der Waals surface area (Å²) in [6.07, 6.45) is 3.65. The van der Waals surface area contributed by atoms with Crippen molar-refractivity contribution in [1.29, 1.82) is 0 Å². The van der Waals surface area contributed by atoms with Crippen LogP contribution in [0.3, 0.4) is 0 Å². The first-order chi connectivity index (χ1) is 7.26. The first-order valence-electron chi connectivity index (χ1n) is 5.48. The predicted octanol–water partition coefficient (Wildman–Crippen LogP) is 1.32. The Balaban J connectivity index is 2.06. The van der Waals surface area contributed by atoms with Gasteiger partial charge in [-0.25, -0.2) is 0 Å². The Kier molecular flexibility index (Phi) is 5.32. The summed E-state index contributed by atoms with van der Waals surface area (Å²) in [6, 6.07) is 0. The van der Waals surface area contributed by atoms with Crippen molar-refractivity contribution in [3.05, 3.63) is 0 Å². The van der Waals surface area contributed by atoms with Crippen LogP contribution in [0, 0.1) is 5.92 Å². The fourth-order valence-corrected chi connectivity index (χ4v) is 1.79. The molecule has 0 N–H and O–H groups in total. The van der Waals surface area contributed by atoms with Crippen LogP contribution < -0.4 is 0 Å². The topological polar surface area (TPSA) is 52.6 Å². The minimum Gasteiger partial charge on any atom is -0.466 e. The number of carbonyl (C=O) groups excluding carboxylic acids is 2. The Hall–Kier alpha value is -0.900. The highest BCUT2D eigenvalue weighted by Gasteiger charge is 2.24. The second-order valence-corrected chi connectivity index (χ2v) is 3.81. The number of esters is 1. The lowest BCUT2D eigenvalue weighted by Crippen LogP contribution is -2.07. The minimum absolute atomic E-state index is 0.136. The maximum Gasteiger partial charge on any atom is 0.305 e. The van der Waals surface area contributed by atoms with E-state index in [1.807, 2.05) is 0 Å². The van der Waals surface area contributed by atoms with Crippen LogP contribution >= 0.6 is 0 Å². The molecule has 1 saturated heterocycles. The van der Waals surface area contributed by atoms with Gasteiger partial charge in [0.15, 0.2) is 0 Å². The maximum absolute atomic E-state index is 11.0. The molecule has 0 amide bonds. The van der Waals surface area contributed by atoms with Gasteiger partial charge >= 0.3 is 5.97 Å². The van der Waals surface area contributed by atoms with Crippen LogP contribution in [0.2, 0.25) is 0 Å². The van der Waals surface area contributed by atoms with Crippen LogP contribution in [0.25, 0.3) is 0 Å². The van der Waals surface area contributed by atoms with Gasteiger partial charge < -0.3 is 14.3 Å². The van der Waals surface area contributed by atoms with E-state index in [0.29, 0.717) is 25.6 Å². The molecule has 0 unspecified atom stereocenters. The highest BCUT2D eigenvalue weighted by molar-refractivity contribution is 5.69. The molecule has 0 aromatic rings. The zero-order valence-electron chi connectivity index (χ0n) is 9.11. The molecule has 0 aliphatic carbocycles. The third-order valence-electron chi connectivity index (χ3n) is 2.56. The van der Waals surface area contributed by atoms with E-state index in [2.05, 4.69) is 0 Å². The molecule has 0 spiro atoms. The highest BCUT2D eigenvalue weighted by Crippen LogP contribution is 2.23. The molecule has 4 nitrogen and oxygen atoms in total. The van der Waals surface area contributed by atoms with Gasteiger partial charge in [0.2, 0.25) is 0 Å². The van der Waals surface area contributed by atoms with Crippen molar-refractivity contribution in [3.63, 3.8) is 0 Å². The number of aldehydes is 1. The van der Waals surface area contributed by atoms with Crippen LogP contribution in [-0.4, -0.2) is 31.6 Å². The summed E-state index contributed by atoms with van der Waals surface area (Å²) in [6.45, 7) is 2.89. The quantitative estimate of drug-likeness (QED) is 0.494. The normalized spacial score (nSPS) is 25.1. The van der Waals surface area contributed by atoms with Crippen molar-refractivity contribution in [1.82, 2.24) is 0 Å². The molecular formula is C11H18O4. The number of ether oxygens (including phenoxy) is 2. The van der Waals surface area contributed by atoms with Crippen LogP contribution in [0.1, 0.15) is 32.6 Å². The van der Waals surface area contributed by atoms with Crippen molar-refractivity contribution in [2.45, 2.75) is 38.7 Å². The van der Waals surface area contributed by atoms with Crippen molar-refractivity contribution >= 4 is 12.3 Å². The van der Waals surface area contributed by atoms with Crippen molar-refractivity contribution in [3.8, 4) is 0 Å². The molecule has 1 fully saturated rings. The Morgan fingerprint density at radius 2 is 2.40 bits per heavy atom. The summed E-state index contributed by atoms with van der Waals surface area (Å²) in [5.74, 6) is 0.290. The van der Waals surface area contributed by atoms with Gasteiger partial charge in [-0.3, -0.25) is 4.79 Å². The standard InChI is InChI=1S/C11H18O4/c1-2-14-11(13)5-3-4-9-6-10(7-12)15-8-9/h7,9-10H,2-6,8H2,1H3/t9-,10+/m0/s1. The van der Waals surface area contributed by atoms with Gasteiger partial charge in [-0.1, -0.05) is 0 Å². The molecule has 0 aromatic heterocycles. The average Bonchev–Trinajstić information content (AvgIpc) is 2.66. The fourth-order valence-electron chi connectivity index (χ4n) is 1.79. The lowest BCUT2D eigenvalue weighted by molar-refractivity contribution is -0.143. The zero-order valence-corrected chi connectivity index (χ0v) is 9.11. The van der Waals surface area contributed by atoms with Gasteiger partial charge in [-0.05, 0) is 32.1 Å². The summed E-state index contributed by atoms with van der Waals surface area (Å²) >= 11 is 0. The molecule has 0 radical (unpaired) electrons. The molecule has 1 aliphatic heterocycles. The Morgan fingerprint density at radius 3 is 3.00 bits per heavy atom. The maximum atomic E-state index is 11.0. The number of rotatable bonds is 6. The Bertz CT molecular complexity index is 215. The lowest BCUT2D eigenvalue weighted by atomic mass is 9.99. The number of hydrogen-bond donors (Lipinski definition) is 0. The van der Waals surface area contributed by atoms with E-state index < -0.39 is 0 Å². The summed E-state index contributed by atoms with van der Waals surface area (Å²) in [5, 5.41) is 0. The van der Waals surface area contributed by atoms with E-state index in [-0.39, 0.29) is 12.1 Å². The lowest BCUT2D eigenvalue weighted by Gasteiger charge is -2.06. The molecular weight excluding hydrogens is 196 g/mol. The first-order valence-corrected chi connectivity index (χ1v) is 5.48. The second-order valence-electron chi connectivity index (χ2n) is 3.81. The summed E-state index contributed by atoms with van der Waals surface area (Å²) in [5.41, 5.74) is 0. The van der Waals surface area contributed by atoms with Crippen molar-refractivity contribution < 1.29 is 19.1 Å². The average molecular weight is 214 g/mol. The summed E-state index contributed by atoms with van der Waals surface area (Å²) in [7, 11) is 0. The van der Waals surface area contributed by atoms with Crippen LogP contribution in [0.15, 0.2) is 0 Å². The van der Waals surface area contributed by atoms with Gasteiger partial charge in [0.05, 0.1) is 13.2 Å². The highest BCUT2D eigenvalue weighted by atomic mass is 16.5. The molecule has 0 bridgehead atoms. The summed E-state index contributed by atoms with van der Waals surface area (Å²) in [4.78, 5) is 21.4. The minimum atomic E-state index is -0.224. The van der Waals surface area contributed by atoms with Crippen molar-refractivity contribution in [2.75, 3.05) is 13.2 Å². The molecule has 0 saturated carbocycles. The van der Waals surface area contributed by atoms with E-state index in [4.69, 9.17) is 9.47 Å². The number of hydrogen-bond acceptors (Lipinski definition) is 4. The molecule has 0 aromatic carbocycles. The molecule has 2 atom stereocenters. The first kappa shape index (κ1) is 12.2. The van der Waals surface area contributed by atoms with E-state index in [0.717, 1.165) is 25.5 Å². The largest absolute Gasteiger partial charge is 0.466 e. The van der Waals surface area contributed by atoms with Gasteiger partial charge in [-0.2, -0.15) is 0 Å². The second kappa shape index (κ2) is 6.56.